The number of carbonyl (C=O) groups excluding carboxylic acids is 1. The Morgan fingerprint density at radius 3 is 3.26 bits per heavy atom. The summed E-state index contributed by atoms with van der Waals surface area (Å²) >= 11 is 0. The molecule has 0 aromatic carbocycles. The molecule has 0 saturated carbocycles. The van der Waals surface area contributed by atoms with Crippen LogP contribution in [-0.4, -0.2) is 57.7 Å². The van der Waals surface area contributed by atoms with Crippen molar-refractivity contribution < 1.29 is 14.6 Å². The number of imidazole rings is 1. The van der Waals surface area contributed by atoms with Crippen LogP contribution in [-0.2, 0) is 4.74 Å². The van der Waals surface area contributed by atoms with Crippen molar-refractivity contribution >= 4 is 11.6 Å². The van der Waals surface area contributed by atoms with Gasteiger partial charge in [-0.15, -0.1) is 0 Å². The van der Waals surface area contributed by atoms with Crippen LogP contribution in [0.2, 0.25) is 0 Å². The van der Waals surface area contributed by atoms with Gasteiger partial charge in [0.1, 0.15) is 5.65 Å². The Hall–Kier alpha value is -1.92. The van der Waals surface area contributed by atoms with Gasteiger partial charge in [0.05, 0.1) is 31.4 Å². The fourth-order valence-corrected chi connectivity index (χ4v) is 2.29. The summed E-state index contributed by atoms with van der Waals surface area (Å²) in [6, 6.07) is 3.30. The van der Waals surface area contributed by atoms with Gasteiger partial charge < -0.3 is 19.1 Å². The number of pyridine rings is 1. The summed E-state index contributed by atoms with van der Waals surface area (Å²) in [6.45, 7) is 1.32. The highest BCUT2D eigenvalue weighted by Gasteiger charge is 2.27. The van der Waals surface area contributed by atoms with E-state index in [1.165, 1.54) is 0 Å². The second kappa shape index (κ2) is 4.99. The van der Waals surface area contributed by atoms with Gasteiger partial charge >= 0.3 is 0 Å². The molecule has 1 amide bonds. The van der Waals surface area contributed by atoms with Crippen molar-refractivity contribution in [1.29, 1.82) is 0 Å². The molecule has 2 aromatic rings. The second-order valence-corrected chi connectivity index (χ2v) is 4.52. The van der Waals surface area contributed by atoms with E-state index in [0.29, 0.717) is 25.3 Å². The topological polar surface area (TPSA) is 67.1 Å². The smallest absolute Gasteiger partial charge is 0.255 e. The Morgan fingerprint density at radius 2 is 2.42 bits per heavy atom. The molecule has 1 atom stereocenters. The standard InChI is InChI=1S/C13H15N3O3/c17-8-11-9-19-6-5-16(11)13(18)10-1-2-12-14-3-4-15(12)7-10/h1-4,7,11,17H,5-6,8-9H2. The number of morpholine rings is 1. The molecular formula is C13H15N3O3. The Bertz CT molecular complexity index is 596. The first-order chi connectivity index (χ1) is 9.29. The molecule has 1 aliphatic heterocycles. The summed E-state index contributed by atoms with van der Waals surface area (Å²) in [7, 11) is 0. The summed E-state index contributed by atoms with van der Waals surface area (Å²) < 4.78 is 7.09. The van der Waals surface area contributed by atoms with Crippen LogP contribution in [0.5, 0.6) is 0 Å². The van der Waals surface area contributed by atoms with Gasteiger partial charge in [-0.1, -0.05) is 0 Å². The van der Waals surface area contributed by atoms with Crippen molar-refractivity contribution in [2.75, 3.05) is 26.4 Å². The van der Waals surface area contributed by atoms with Gasteiger partial charge in [-0.05, 0) is 12.1 Å². The van der Waals surface area contributed by atoms with Crippen LogP contribution in [0.1, 0.15) is 10.4 Å². The van der Waals surface area contributed by atoms with Crippen molar-refractivity contribution in [2.24, 2.45) is 0 Å². The number of aliphatic hydroxyl groups excluding tert-OH is 1. The first-order valence-corrected chi connectivity index (χ1v) is 6.22. The van der Waals surface area contributed by atoms with E-state index in [1.807, 2.05) is 10.5 Å². The minimum Gasteiger partial charge on any atom is -0.394 e. The molecule has 3 heterocycles. The SMILES string of the molecule is O=C(c1ccc2nccn2c1)N1CCOCC1CO. The molecule has 2 aromatic heterocycles. The van der Waals surface area contributed by atoms with Crippen LogP contribution < -0.4 is 0 Å². The first-order valence-electron chi connectivity index (χ1n) is 6.22. The lowest BCUT2D eigenvalue weighted by Crippen LogP contribution is -2.50. The van der Waals surface area contributed by atoms with Crippen molar-refractivity contribution in [3.8, 4) is 0 Å². The summed E-state index contributed by atoms with van der Waals surface area (Å²) in [5.41, 5.74) is 1.39. The molecule has 1 saturated heterocycles. The van der Waals surface area contributed by atoms with Crippen LogP contribution in [0.4, 0.5) is 0 Å². The Kier molecular flexibility index (Phi) is 3.18. The minimum absolute atomic E-state index is 0.0843. The van der Waals surface area contributed by atoms with E-state index < -0.39 is 0 Å². The van der Waals surface area contributed by atoms with Crippen molar-refractivity contribution in [1.82, 2.24) is 14.3 Å². The van der Waals surface area contributed by atoms with Gasteiger partial charge in [-0.2, -0.15) is 0 Å². The maximum Gasteiger partial charge on any atom is 0.255 e. The molecule has 3 rings (SSSR count). The summed E-state index contributed by atoms with van der Waals surface area (Å²) in [6.07, 6.45) is 5.25. The van der Waals surface area contributed by atoms with E-state index >= 15 is 0 Å². The number of aliphatic hydroxyl groups is 1. The average molecular weight is 261 g/mol. The maximum atomic E-state index is 12.5. The maximum absolute atomic E-state index is 12.5. The molecule has 100 valence electrons. The summed E-state index contributed by atoms with van der Waals surface area (Å²) in [4.78, 5) is 18.3. The van der Waals surface area contributed by atoms with Crippen LogP contribution >= 0.6 is 0 Å². The van der Waals surface area contributed by atoms with E-state index in [9.17, 15) is 9.90 Å². The zero-order valence-corrected chi connectivity index (χ0v) is 10.4. The van der Waals surface area contributed by atoms with Gasteiger partial charge in [0.2, 0.25) is 0 Å². The lowest BCUT2D eigenvalue weighted by Gasteiger charge is -2.34. The number of hydrogen-bond donors (Lipinski definition) is 1. The quantitative estimate of drug-likeness (QED) is 0.836. The molecule has 1 unspecified atom stereocenters. The van der Waals surface area contributed by atoms with E-state index in [2.05, 4.69) is 4.98 Å². The largest absolute Gasteiger partial charge is 0.394 e. The highest BCUT2D eigenvalue weighted by molar-refractivity contribution is 5.94. The fourth-order valence-electron chi connectivity index (χ4n) is 2.29. The number of fused-ring (bicyclic) bond motifs is 1. The molecule has 0 spiro atoms. The zero-order valence-electron chi connectivity index (χ0n) is 10.4. The van der Waals surface area contributed by atoms with Crippen molar-refractivity contribution in [2.45, 2.75) is 6.04 Å². The highest BCUT2D eigenvalue weighted by Crippen LogP contribution is 2.13. The number of hydrogen-bond acceptors (Lipinski definition) is 4. The van der Waals surface area contributed by atoms with Gasteiger partial charge in [-0.3, -0.25) is 4.79 Å². The number of rotatable bonds is 2. The van der Waals surface area contributed by atoms with Crippen LogP contribution in [0, 0.1) is 0 Å². The molecule has 0 bridgehead atoms. The highest BCUT2D eigenvalue weighted by atomic mass is 16.5. The molecule has 0 radical (unpaired) electrons. The van der Waals surface area contributed by atoms with Crippen molar-refractivity contribution in [3.63, 3.8) is 0 Å². The van der Waals surface area contributed by atoms with Crippen LogP contribution in [0.15, 0.2) is 30.7 Å². The first kappa shape index (κ1) is 12.1. The number of carbonyl (C=O) groups is 1. The third kappa shape index (κ3) is 2.20. The Morgan fingerprint density at radius 1 is 1.53 bits per heavy atom. The number of amides is 1. The predicted octanol–water partition coefficient (Wildman–Crippen LogP) is 0.168. The van der Waals surface area contributed by atoms with Gasteiger partial charge in [0.25, 0.3) is 5.91 Å². The minimum atomic E-state index is -0.264. The number of nitrogens with zero attached hydrogens (tertiary/aromatic N) is 3. The second-order valence-electron chi connectivity index (χ2n) is 4.52. The zero-order chi connectivity index (χ0) is 13.2. The third-order valence-corrected chi connectivity index (χ3v) is 3.33. The monoisotopic (exact) mass is 261 g/mol. The normalized spacial score (nSPS) is 19.8. The number of ether oxygens (including phenoxy) is 1. The fraction of sp³-hybridized carbons (Fsp3) is 0.385. The number of aromatic nitrogens is 2. The van der Waals surface area contributed by atoms with Gasteiger partial charge in [0, 0.05) is 25.1 Å². The molecule has 6 heteroatoms. The van der Waals surface area contributed by atoms with Crippen LogP contribution in [0.3, 0.4) is 0 Å². The molecule has 1 N–H and O–H groups in total. The predicted molar refractivity (Wildman–Crippen MR) is 67.9 cm³/mol. The Labute approximate surface area is 110 Å². The lowest BCUT2D eigenvalue weighted by molar-refractivity contribution is -0.0184. The van der Waals surface area contributed by atoms with Crippen LogP contribution in [0.25, 0.3) is 5.65 Å². The summed E-state index contributed by atoms with van der Waals surface area (Å²) in [5.74, 6) is -0.0852. The van der Waals surface area contributed by atoms with Gasteiger partial charge in [-0.25, -0.2) is 4.98 Å². The van der Waals surface area contributed by atoms with Crippen molar-refractivity contribution in [3.05, 3.63) is 36.3 Å². The summed E-state index contributed by atoms with van der Waals surface area (Å²) in [5, 5.41) is 9.31. The molecule has 0 aliphatic carbocycles. The molecule has 19 heavy (non-hydrogen) atoms. The molecule has 1 fully saturated rings. The van der Waals surface area contributed by atoms with E-state index in [-0.39, 0.29) is 18.6 Å². The third-order valence-electron chi connectivity index (χ3n) is 3.33. The molecule has 1 aliphatic rings. The average Bonchev–Trinajstić information content (AvgIpc) is 2.93. The Balaban J connectivity index is 1.89. The van der Waals surface area contributed by atoms with E-state index in [1.54, 1.807) is 29.6 Å². The lowest BCUT2D eigenvalue weighted by atomic mass is 10.2. The van der Waals surface area contributed by atoms with Gasteiger partial charge in [0.15, 0.2) is 0 Å². The van der Waals surface area contributed by atoms with E-state index in [0.717, 1.165) is 5.65 Å². The molecular weight excluding hydrogens is 246 g/mol. The molecule has 6 nitrogen and oxygen atoms in total. The van der Waals surface area contributed by atoms with E-state index in [4.69, 9.17) is 4.74 Å².